The van der Waals surface area contributed by atoms with Gasteiger partial charge < -0.3 is 25.6 Å². The van der Waals surface area contributed by atoms with Crippen LogP contribution in [-0.2, 0) is 9.53 Å². The van der Waals surface area contributed by atoms with Gasteiger partial charge in [-0.15, -0.1) is 0 Å². The van der Waals surface area contributed by atoms with E-state index in [1.807, 2.05) is 6.92 Å². The fourth-order valence-corrected chi connectivity index (χ4v) is 1.62. The second-order valence-electron chi connectivity index (χ2n) is 4.36. The molecular weight excluding hydrogens is 228 g/mol. The molecule has 0 bridgehead atoms. The molecular formula is C10H18N2O5. The number of hydrogen-bond acceptors (Lipinski definition) is 4. The van der Waals surface area contributed by atoms with Gasteiger partial charge in [0, 0.05) is 19.6 Å². The number of aliphatic carboxylic acids is 1. The Labute approximate surface area is 99.1 Å². The van der Waals surface area contributed by atoms with Crippen LogP contribution >= 0.6 is 0 Å². The monoisotopic (exact) mass is 246 g/mol. The molecule has 4 N–H and O–H groups in total. The lowest BCUT2D eigenvalue weighted by Crippen LogP contribution is -2.54. The van der Waals surface area contributed by atoms with E-state index in [1.165, 1.54) is 0 Å². The first kappa shape index (κ1) is 13.7. The molecule has 7 heteroatoms. The zero-order chi connectivity index (χ0) is 12.9. The predicted octanol–water partition coefficient (Wildman–Crippen LogP) is -0.700. The van der Waals surface area contributed by atoms with E-state index in [2.05, 4.69) is 10.6 Å². The van der Waals surface area contributed by atoms with E-state index in [9.17, 15) is 9.59 Å². The zero-order valence-electron chi connectivity index (χ0n) is 9.73. The molecule has 17 heavy (non-hydrogen) atoms. The largest absolute Gasteiger partial charge is 0.480 e. The first-order chi connectivity index (χ1) is 7.97. The molecule has 2 amide bonds. The van der Waals surface area contributed by atoms with Crippen LogP contribution in [0.4, 0.5) is 4.79 Å². The second kappa shape index (κ2) is 5.83. The number of ether oxygens (including phenoxy) is 1. The molecule has 0 saturated carbocycles. The standard InChI is InChI=1S/C10H18N2O5/c1-10(3-5-17-6-10)12-9(16)11-7(2-4-13)8(14)15/h7,13H,2-6H2,1H3,(H,14,15)(H2,11,12,16)/t7-,10?/m0/s1. The molecule has 1 saturated heterocycles. The fourth-order valence-electron chi connectivity index (χ4n) is 1.62. The van der Waals surface area contributed by atoms with Gasteiger partial charge in [0.25, 0.3) is 0 Å². The first-order valence-electron chi connectivity index (χ1n) is 5.47. The molecule has 98 valence electrons. The van der Waals surface area contributed by atoms with Gasteiger partial charge in [-0.25, -0.2) is 9.59 Å². The van der Waals surface area contributed by atoms with Crippen LogP contribution in [0.2, 0.25) is 0 Å². The summed E-state index contributed by atoms with van der Waals surface area (Å²) in [7, 11) is 0. The number of hydrogen-bond donors (Lipinski definition) is 4. The van der Waals surface area contributed by atoms with Crippen molar-refractivity contribution in [3.63, 3.8) is 0 Å². The van der Waals surface area contributed by atoms with Crippen molar-refractivity contribution in [2.75, 3.05) is 19.8 Å². The van der Waals surface area contributed by atoms with Crippen molar-refractivity contribution in [2.24, 2.45) is 0 Å². The van der Waals surface area contributed by atoms with Crippen LogP contribution in [0, 0.1) is 0 Å². The van der Waals surface area contributed by atoms with Crippen molar-refractivity contribution in [1.29, 1.82) is 0 Å². The lowest BCUT2D eigenvalue weighted by Gasteiger charge is -2.25. The highest BCUT2D eigenvalue weighted by Crippen LogP contribution is 2.17. The number of rotatable bonds is 5. The van der Waals surface area contributed by atoms with Crippen molar-refractivity contribution in [3.05, 3.63) is 0 Å². The third-order valence-corrected chi connectivity index (χ3v) is 2.66. The lowest BCUT2D eigenvalue weighted by atomic mass is 10.0. The van der Waals surface area contributed by atoms with Crippen LogP contribution < -0.4 is 10.6 Å². The van der Waals surface area contributed by atoms with Crippen molar-refractivity contribution < 1.29 is 24.5 Å². The number of carbonyl (C=O) groups excluding carboxylic acids is 1. The van der Waals surface area contributed by atoms with Gasteiger partial charge in [-0.05, 0) is 13.3 Å². The van der Waals surface area contributed by atoms with E-state index in [-0.39, 0.29) is 13.0 Å². The van der Waals surface area contributed by atoms with Crippen molar-refractivity contribution in [3.8, 4) is 0 Å². The van der Waals surface area contributed by atoms with E-state index in [0.29, 0.717) is 19.6 Å². The second-order valence-corrected chi connectivity index (χ2v) is 4.36. The Morgan fingerprint density at radius 1 is 1.53 bits per heavy atom. The van der Waals surface area contributed by atoms with Crippen LogP contribution in [-0.4, -0.2) is 53.6 Å². The van der Waals surface area contributed by atoms with Crippen molar-refractivity contribution in [2.45, 2.75) is 31.3 Å². The van der Waals surface area contributed by atoms with Crippen molar-refractivity contribution >= 4 is 12.0 Å². The minimum Gasteiger partial charge on any atom is -0.480 e. The smallest absolute Gasteiger partial charge is 0.326 e. The zero-order valence-corrected chi connectivity index (χ0v) is 9.73. The summed E-state index contributed by atoms with van der Waals surface area (Å²) in [6.45, 7) is 2.53. The molecule has 1 heterocycles. The van der Waals surface area contributed by atoms with E-state index >= 15 is 0 Å². The number of aliphatic hydroxyl groups is 1. The molecule has 0 aromatic heterocycles. The van der Waals surface area contributed by atoms with Gasteiger partial charge in [-0.3, -0.25) is 0 Å². The molecule has 0 aromatic rings. The van der Waals surface area contributed by atoms with Gasteiger partial charge in [-0.1, -0.05) is 0 Å². The van der Waals surface area contributed by atoms with E-state index in [1.54, 1.807) is 0 Å². The summed E-state index contributed by atoms with van der Waals surface area (Å²) in [5.74, 6) is -1.16. The fraction of sp³-hybridized carbons (Fsp3) is 0.800. The Hall–Kier alpha value is -1.34. The normalized spacial score (nSPS) is 25.3. The van der Waals surface area contributed by atoms with Crippen LogP contribution in [0.1, 0.15) is 19.8 Å². The quantitative estimate of drug-likeness (QED) is 0.513. The molecule has 0 spiro atoms. The van der Waals surface area contributed by atoms with Crippen LogP contribution in [0.3, 0.4) is 0 Å². The minimum absolute atomic E-state index is 0.0179. The molecule has 0 aromatic carbocycles. The van der Waals surface area contributed by atoms with Gasteiger partial charge >= 0.3 is 12.0 Å². The van der Waals surface area contributed by atoms with E-state index in [0.717, 1.165) is 0 Å². The maximum atomic E-state index is 11.6. The average molecular weight is 246 g/mol. The molecule has 0 radical (unpaired) electrons. The lowest BCUT2D eigenvalue weighted by molar-refractivity contribution is -0.139. The molecule has 1 fully saturated rings. The van der Waals surface area contributed by atoms with Crippen LogP contribution in [0.25, 0.3) is 0 Å². The summed E-state index contributed by atoms with van der Waals surface area (Å²) >= 11 is 0. The molecule has 7 nitrogen and oxygen atoms in total. The highest BCUT2D eigenvalue weighted by Gasteiger charge is 2.32. The maximum absolute atomic E-state index is 11.6. The highest BCUT2D eigenvalue weighted by atomic mass is 16.5. The Morgan fingerprint density at radius 3 is 2.71 bits per heavy atom. The Kier molecular flexibility index (Phi) is 4.71. The Bertz CT molecular complexity index is 288. The van der Waals surface area contributed by atoms with Crippen LogP contribution in [0.15, 0.2) is 0 Å². The van der Waals surface area contributed by atoms with E-state index in [4.69, 9.17) is 14.9 Å². The van der Waals surface area contributed by atoms with Gasteiger partial charge in [0.15, 0.2) is 0 Å². The predicted molar refractivity (Wildman–Crippen MR) is 58.6 cm³/mol. The SMILES string of the molecule is CC1(NC(=O)N[C@@H](CCO)C(=O)O)CCOC1. The Morgan fingerprint density at radius 2 is 2.24 bits per heavy atom. The minimum atomic E-state index is -1.16. The molecule has 1 unspecified atom stereocenters. The topological polar surface area (TPSA) is 108 Å². The summed E-state index contributed by atoms with van der Waals surface area (Å²) < 4.78 is 5.16. The summed E-state index contributed by atoms with van der Waals surface area (Å²) in [5, 5.41) is 22.5. The summed E-state index contributed by atoms with van der Waals surface area (Å²) in [5.41, 5.74) is -0.452. The Balaban J connectivity index is 2.44. The summed E-state index contributed by atoms with van der Waals surface area (Å²) in [4.78, 5) is 22.3. The number of carbonyl (C=O) groups is 2. The van der Waals surface area contributed by atoms with Crippen molar-refractivity contribution in [1.82, 2.24) is 10.6 Å². The summed E-state index contributed by atoms with van der Waals surface area (Å²) in [6.07, 6.45) is 0.675. The first-order valence-corrected chi connectivity index (χ1v) is 5.47. The molecule has 1 rings (SSSR count). The van der Waals surface area contributed by atoms with Gasteiger partial charge in [0.1, 0.15) is 6.04 Å². The number of carboxylic acid groups (broad SMARTS) is 1. The number of carboxylic acids is 1. The van der Waals surface area contributed by atoms with E-state index < -0.39 is 23.6 Å². The average Bonchev–Trinajstić information content (AvgIpc) is 2.63. The summed E-state index contributed by atoms with van der Waals surface area (Å²) in [6, 6.07) is -1.63. The number of nitrogens with one attached hydrogen (secondary N) is 2. The number of urea groups is 1. The molecule has 2 atom stereocenters. The molecule has 1 aliphatic rings. The highest BCUT2D eigenvalue weighted by molar-refractivity contribution is 5.82. The third-order valence-electron chi connectivity index (χ3n) is 2.66. The number of aliphatic hydroxyl groups excluding tert-OH is 1. The van der Waals surface area contributed by atoms with Crippen LogP contribution in [0.5, 0.6) is 0 Å². The third kappa shape index (κ3) is 4.20. The molecule has 1 aliphatic heterocycles. The van der Waals surface area contributed by atoms with Gasteiger partial charge in [0.2, 0.25) is 0 Å². The van der Waals surface area contributed by atoms with Gasteiger partial charge in [-0.2, -0.15) is 0 Å². The molecule has 0 aliphatic carbocycles. The number of amides is 2. The van der Waals surface area contributed by atoms with Gasteiger partial charge in [0.05, 0.1) is 12.1 Å². The maximum Gasteiger partial charge on any atom is 0.326 e.